The second kappa shape index (κ2) is 9.79. The molecule has 2 rings (SSSR count). The molecule has 0 radical (unpaired) electrons. The predicted octanol–water partition coefficient (Wildman–Crippen LogP) is 4.14. The fraction of sp³-hybridized carbons (Fsp3) is 0.200. The lowest BCUT2D eigenvalue weighted by Gasteiger charge is -2.11. The van der Waals surface area contributed by atoms with Gasteiger partial charge in [-0.1, -0.05) is 59.6 Å². The van der Waals surface area contributed by atoms with E-state index in [-0.39, 0.29) is 17.5 Å². The number of carbonyl (C=O) groups is 2. The maximum atomic E-state index is 12.5. The highest BCUT2D eigenvalue weighted by Crippen LogP contribution is 2.13. The molecule has 0 bridgehead atoms. The molecule has 0 fully saturated rings. The van der Waals surface area contributed by atoms with Crippen LogP contribution in [0, 0.1) is 0 Å². The molecule has 4 nitrogen and oxygen atoms in total. The summed E-state index contributed by atoms with van der Waals surface area (Å²) in [4.78, 5) is 24.8. The van der Waals surface area contributed by atoms with E-state index in [9.17, 15) is 9.59 Å². The normalized spacial score (nSPS) is 11.0. The zero-order chi connectivity index (χ0) is 18.1. The first kappa shape index (κ1) is 18.9. The standard InChI is InChI=1S/C20H21BrN2O2/c1-2-3-13-22-20(25)18(14-15-9-11-17(21)12-10-15)23-19(24)16-7-5-4-6-8-16/h4-12,14H,2-3,13H2,1H3,(H,22,25)(H,23,24)/b18-14+. The van der Waals surface area contributed by atoms with Gasteiger partial charge in [-0.15, -0.1) is 0 Å². The molecule has 0 atom stereocenters. The average molecular weight is 401 g/mol. The van der Waals surface area contributed by atoms with Crippen LogP contribution in [0.4, 0.5) is 0 Å². The van der Waals surface area contributed by atoms with Gasteiger partial charge in [0.2, 0.25) is 0 Å². The summed E-state index contributed by atoms with van der Waals surface area (Å²) >= 11 is 3.38. The number of amides is 2. The SMILES string of the molecule is CCCCNC(=O)/C(=C\c1ccc(Br)cc1)NC(=O)c1ccccc1. The first-order valence-corrected chi connectivity index (χ1v) is 9.01. The molecule has 0 aliphatic carbocycles. The Morgan fingerprint density at radius 1 is 1.04 bits per heavy atom. The molecule has 0 aromatic heterocycles. The van der Waals surface area contributed by atoms with Crippen LogP contribution in [0.3, 0.4) is 0 Å². The Hall–Kier alpha value is -2.40. The van der Waals surface area contributed by atoms with Crippen molar-refractivity contribution in [2.75, 3.05) is 6.54 Å². The van der Waals surface area contributed by atoms with Gasteiger partial charge in [-0.2, -0.15) is 0 Å². The summed E-state index contributed by atoms with van der Waals surface area (Å²) in [7, 11) is 0. The number of nitrogens with one attached hydrogen (secondary N) is 2. The van der Waals surface area contributed by atoms with Gasteiger partial charge in [0.05, 0.1) is 0 Å². The van der Waals surface area contributed by atoms with E-state index in [1.807, 2.05) is 30.3 Å². The topological polar surface area (TPSA) is 58.2 Å². The van der Waals surface area contributed by atoms with E-state index in [1.165, 1.54) is 0 Å². The van der Waals surface area contributed by atoms with Crippen LogP contribution in [0.2, 0.25) is 0 Å². The third kappa shape index (κ3) is 6.19. The van der Waals surface area contributed by atoms with Gasteiger partial charge in [-0.05, 0) is 42.3 Å². The summed E-state index contributed by atoms with van der Waals surface area (Å²) in [5, 5.41) is 5.56. The van der Waals surface area contributed by atoms with E-state index in [2.05, 4.69) is 33.5 Å². The molecule has 2 aromatic rings. The maximum absolute atomic E-state index is 12.5. The van der Waals surface area contributed by atoms with Crippen molar-refractivity contribution in [3.05, 3.63) is 75.9 Å². The van der Waals surface area contributed by atoms with Gasteiger partial charge >= 0.3 is 0 Å². The highest BCUT2D eigenvalue weighted by atomic mass is 79.9. The van der Waals surface area contributed by atoms with Crippen molar-refractivity contribution < 1.29 is 9.59 Å². The minimum Gasteiger partial charge on any atom is -0.351 e. The second-order valence-corrected chi connectivity index (χ2v) is 6.45. The van der Waals surface area contributed by atoms with Crippen LogP contribution in [0.5, 0.6) is 0 Å². The number of hydrogen-bond donors (Lipinski definition) is 2. The van der Waals surface area contributed by atoms with Crippen LogP contribution in [0.25, 0.3) is 6.08 Å². The van der Waals surface area contributed by atoms with Crippen molar-refractivity contribution in [1.82, 2.24) is 10.6 Å². The Balaban J connectivity index is 2.20. The zero-order valence-electron chi connectivity index (χ0n) is 14.1. The van der Waals surface area contributed by atoms with Crippen molar-refractivity contribution >= 4 is 33.8 Å². The van der Waals surface area contributed by atoms with Crippen LogP contribution in [-0.2, 0) is 4.79 Å². The smallest absolute Gasteiger partial charge is 0.267 e. The van der Waals surface area contributed by atoms with Gasteiger partial charge in [-0.25, -0.2) is 0 Å². The van der Waals surface area contributed by atoms with Crippen LogP contribution < -0.4 is 10.6 Å². The van der Waals surface area contributed by atoms with Gasteiger partial charge in [0, 0.05) is 16.6 Å². The summed E-state index contributed by atoms with van der Waals surface area (Å²) in [6, 6.07) is 16.4. The lowest BCUT2D eigenvalue weighted by Crippen LogP contribution is -2.35. The first-order chi connectivity index (χ1) is 12.1. The van der Waals surface area contributed by atoms with Crippen molar-refractivity contribution in [2.24, 2.45) is 0 Å². The Morgan fingerprint density at radius 3 is 2.36 bits per heavy atom. The lowest BCUT2D eigenvalue weighted by atomic mass is 10.1. The highest BCUT2D eigenvalue weighted by molar-refractivity contribution is 9.10. The van der Waals surface area contributed by atoms with Gasteiger partial charge in [0.25, 0.3) is 11.8 Å². The monoisotopic (exact) mass is 400 g/mol. The van der Waals surface area contributed by atoms with Gasteiger partial charge in [-0.3, -0.25) is 9.59 Å². The zero-order valence-corrected chi connectivity index (χ0v) is 15.7. The molecule has 0 aliphatic heterocycles. The van der Waals surface area contributed by atoms with Crippen LogP contribution in [-0.4, -0.2) is 18.4 Å². The van der Waals surface area contributed by atoms with Crippen molar-refractivity contribution in [1.29, 1.82) is 0 Å². The van der Waals surface area contributed by atoms with E-state index in [0.717, 1.165) is 22.9 Å². The molecule has 2 N–H and O–H groups in total. The molecule has 0 heterocycles. The number of carbonyl (C=O) groups excluding carboxylic acids is 2. The van der Waals surface area contributed by atoms with Gasteiger partial charge in [0.15, 0.2) is 0 Å². The van der Waals surface area contributed by atoms with Crippen molar-refractivity contribution in [3.63, 3.8) is 0 Å². The number of unbranched alkanes of at least 4 members (excludes halogenated alkanes) is 1. The van der Waals surface area contributed by atoms with E-state index >= 15 is 0 Å². The third-order valence-electron chi connectivity index (χ3n) is 3.53. The summed E-state index contributed by atoms with van der Waals surface area (Å²) in [6.07, 6.45) is 3.56. The fourth-order valence-electron chi connectivity index (χ4n) is 2.14. The molecule has 130 valence electrons. The Bertz CT molecular complexity index is 740. The molecule has 2 aromatic carbocycles. The number of halogens is 1. The third-order valence-corrected chi connectivity index (χ3v) is 4.05. The molecule has 5 heteroatoms. The summed E-state index contributed by atoms with van der Waals surface area (Å²) in [5.41, 5.74) is 1.56. The molecule has 0 saturated carbocycles. The highest BCUT2D eigenvalue weighted by Gasteiger charge is 2.14. The average Bonchev–Trinajstić information content (AvgIpc) is 2.63. The van der Waals surface area contributed by atoms with E-state index in [0.29, 0.717) is 12.1 Å². The lowest BCUT2D eigenvalue weighted by molar-refractivity contribution is -0.117. The first-order valence-electron chi connectivity index (χ1n) is 8.22. The molecular weight excluding hydrogens is 380 g/mol. The molecule has 0 spiro atoms. The van der Waals surface area contributed by atoms with Crippen molar-refractivity contribution in [3.8, 4) is 0 Å². The number of benzene rings is 2. The Kier molecular flexibility index (Phi) is 7.41. The Morgan fingerprint density at radius 2 is 1.72 bits per heavy atom. The largest absolute Gasteiger partial charge is 0.351 e. The van der Waals surface area contributed by atoms with Crippen LogP contribution >= 0.6 is 15.9 Å². The van der Waals surface area contributed by atoms with E-state index < -0.39 is 0 Å². The van der Waals surface area contributed by atoms with Gasteiger partial charge in [0.1, 0.15) is 5.70 Å². The second-order valence-electron chi connectivity index (χ2n) is 5.54. The molecule has 2 amide bonds. The molecule has 0 aliphatic rings. The maximum Gasteiger partial charge on any atom is 0.267 e. The van der Waals surface area contributed by atoms with Gasteiger partial charge < -0.3 is 10.6 Å². The van der Waals surface area contributed by atoms with Crippen LogP contribution in [0.1, 0.15) is 35.7 Å². The van der Waals surface area contributed by atoms with Crippen LogP contribution in [0.15, 0.2) is 64.8 Å². The minimum absolute atomic E-state index is 0.229. The summed E-state index contributed by atoms with van der Waals surface area (Å²) < 4.78 is 0.951. The molecule has 0 saturated heterocycles. The number of hydrogen-bond acceptors (Lipinski definition) is 2. The quantitative estimate of drug-likeness (QED) is 0.541. The minimum atomic E-state index is -0.311. The predicted molar refractivity (Wildman–Crippen MR) is 104 cm³/mol. The molecular formula is C20H21BrN2O2. The molecule has 25 heavy (non-hydrogen) atoms. The van der Waals surface area contributed by atoms with Crippen molar-refractivity contribution in [2.45, 2.75) is 19.8 Å². The van der Waals surface area contributed by atoms with E-state index in [4.69, 9.17) is 0 Å². The summed E-state index contributed by atoms with van der Waals surface area (Å²) in [5.74, 6) is -0.602. The molecule has 0 unspecified atom stereocenters. The summed E-state index contributed by atoms with van der Waals surface area (Å²) in [6.45, 7) is 2.64. The number of rotatable bonds is 7. The fourth-order valence-corrected chi connectivity index (χ4v) is 2.41. The van der Waals surface area contributed by atoms with E-state index in [1.54, 1.807) is 30.3 Å². The Labute approximate surface area is 156 Å².